The van der Waals surface area contributed by atoms with E-state index in [-0.39, 0.29) is 23.2 Å². The highest BCUT2D eigenvalue weighted by molar-refractivity contribution is 5.94. The monoisotopic (exact) mass is 460 g/mol. The van der Waals surface area contributed by atoms with Crippen LogP contribution < -0.4 is 15.1 Å². The Hall–Kier alpha value is -4.47. The van der Waals surface area contributed by atoms with Crippen LogP contribution in [-0.4, -0.2) is 57.7 Å². The summed E-state index contributed by atoms with van der Waals surface area (Å²) in [5, 5.41) is 8.75. The highest BCUT2D eigenvalue weighted by Gasteiger charge is 2.27. The molecule has 2 aromatic carbocycles. The van der Waals surface area contributed by atoms with Crippen molar-refractivity contribution in [3.05, 3.63) is 83.0 Å². The minimum atomic E-state index is -0.597. The molecule has 2 aromatic heterocycles. The number of hydrogen-bond acceptors (Lipinski definition) is 5. The average molecular weight is 460 g/mol. The molecule has 2 amide bonds. The topological polar surface area (TPSA) is 85.5 Å². The maximum Gasteiger partial charge on any atom is 0.324 e. The molecule has 0 saturated carbocycles. The summed E-state index contributed by atoms with van der Waals surface area (Å²) in [7, 11) is 3.07. The molecule has 10 heteroatoms. The van der Waals surface area contributed by atoms with Crippen LogP contribution in [0.4, 0.5) is 14.9 Å². The van der Waals surface area contributed by atoms with Crippen LogP contribution in [0.15, 0.2) is 71.8 Å². The molecule has 1 aliphatic rings. The molecule has 0 radical (unpaired) electrons. The zero-order valence-electron chi connectivity index (χ0n) is 18.6. The fourth-order valence-electron chi connectivity index (χ4n) is 3.90. The number of benzene rings is 2. The van der Waals surface area contributed by atoms with Crippen molar-refractivity contribution in [2.45, 2.75) is 0 Å². The zero-order valence-corrected chi connectivity index (χ0v) is 18.6. The smallest absolute Gasteiger partial charge is 0.324 e. The lowest BCUT2D eigenvalue weighted by Crippen LogP contribution is -2.29. The molecule has 0 atom stereocenters. The SMILES string of the molecule is COc1cn(-c2ccc(N3CCN(C)C3=O)cc2F)nc(-c2ccnn2-c2ccccc2)c1=O. The number of likely N-dealkylation sites (N-methyl/N-ethyl adjacent to an activating group) is 1. The number of para-hydroxylation sites is 1. The summed E-state index contributed by atoms with van der Waals surface area (Å²) in [6.07, 6.45) is 2.90. The summed E-state index contributed by atoms with van der Waals surface area (Å²) in [6.45, 7) is 1.05. The van der Waals surface area contributed by atoms with Crippen LogP contribution >= 0.6 is 0 Å². The van der Waals surface area contributed by atoms with Gasteiger partial charge in [0, 0.05) is 25.8 Å². The molecule has 5 rings (SSSR count). The Labute approximate surface area is 194 Å². The van der Waals surface area contributed by atoms with Crippen molar-refractivity contribution in [1.29, 1.82) is 0 Å². The Balaban J connectivity index is 1.60. The Bertz CT molecular complexity index is 1430. The van der Waals surface area contributed by atoms with Crippen molar-refractivity contribution in [2.75, 3.05) is 32.1 Å². The van der Waals surface area contributed by atoms with Gasteiger partial charge in [0.05, 0.1) is 30.9 Å². The standard InChI is InChI=1S/C24H21FN6O3/c1-28-12-13-29(24(28)33)17-8-9-19(18(25)14-17)30-15-21(34-2)23(32)22(27-30)20-10-11-26-31(20)16-6-4-3-5-7-16/h3-11,14-15H,12-13H2,1-2H3. The van der Waals surface area contributed by atoms with Gasteiger partial charge in [0.25, 0.3) is 5.43 Å². The summed E-state index contributed by atoms with van der Waals surface area (Å²) in [5.74, 6) is -0.591. The van der Waals surface area contributed by atoms with Crippen LogP contribution in [-0.2, 0) is 0 Å². The summed E-state index contributed by atoms with van der Waals surface area (Å²) >= 11 is 0. The van der Waals surface area contributed by atoms with Gasteiger partial charge in [0.15, 0.2) is 17.3 Å². The van der Waals surface area contributed by atoms with Crippen molar-refractivity contribution < 1.29 is 13.9 Å². The second-order valence-electron chi connectivity index (χ2n) is 7.78. The van der Waals surface area contributed by atoms with E-state index in [1.54, 1.807) is 35.0 Å². The second-order valence-corrected chi connectivity index (χ2v) is 7.78. The quantitative estimate of drug-likeness (QED) is 0.457. The molecule has 0 spiro atoms. The van der Waals surface area contributed by atoms with Crippen LogP contribution in [0.2, 0.25) is 0 Å². The summed E-state index contributed by atoms with van der Waals surface area (Å²) in [4.78, 5) is 28.4. The van der Waals surface area contributed by atoms with Crippen molar-refractivity contribution >= 4 is 11.7 Å². The number of nitrogens with zero attached hydrogens (tertiary/aromatic N) is 6. The first kappa shape index (κ1) is 21.4. The van der Waals surface area contributed by atoms with Crippen molar-refractivity contribution in [1.82, 2.24) is 24.5 Å². The lowest BCUT2D eigenvalue weighted by molar-refractivity contribution is 0.229. The van der Waals surface area contributed by atoms with Gasteiger partial charge in [-0.15, -0.1) is 0 Å². The third kappa shape index (κ3) is 3.58. The molecule has 1 saturated heterocycles. The van der Waals surface area contributed by atoms with E-state index in [1.165, 1.54) is 35.0 Å². The molecule has 0 aliphatic carbocycles. The summed E-state index contributed by atoms with van der Waals surface area (Å²) in [5.41, 5.74) is 1.35. The first-order valence-electron chi connectivity index (χ1n) is 10.6. The number of hydrogen-bond donors (Lipinski definition) is 0. The minimum absolute atomic E-state index is 0.00522. The number of carbonyl (C=O) groups is 1. The van der Waals surface area contributed by atoms with Crippen molar-refractivity contribution in [3.8, 4) is 28.5 Å². The molecule has 0 bridgehead atoms. The van der Waals surface area contributed by atoms with E-state index in [0.29, 0.717) is 24.5 Å². The Morgan fingerprint density at radius 2 is 1.79 bits per heavy atom. The van der Waals surface area contributed by atoms with Gasteiger partial charge in [-0.25, -0.2) is 18.5 Å². The van der Waals surface area contributed by atoms with Crippen molar-refractivity contribution in [3.63, 3.8) is 0 Å². The first-order valence-corrected chi connectivity index (χ1v) is 10.6. The third-order valence-corrected chi connectivity index (χ3v) is 5.70. The molecule has 0 unspecified atom stereocenters. The summed E-state index contributed by atoms with van der Waals surface area (Å²) < 4.78 is 23.3. The second kappa shape index (κ2) is 8.47. The largest absolute Gasteiger partial charge is 0.491 e. The highest BCUT2D eigenvalue weighted by atomic mass is 19.1. The Morgan fingerprint density at radius 3 is 2.47 bits per heavy atom. The molecule has 1 fully saturated rings. The number of ether oxygens (including phenoxy) is 1. The molecule has 0 N–H and O–H groups in total. The van der Waals surface area contributed by atoms with Crippen LogP contribution in [0.3, 0.4) is 0 Å². The molecule has 34 heavy (non-hydrogen) atoms. The average Bonchev–Trinajstić information content (AvgIpc) is 3.47. The predicted molar refractivity (Wildman–Crippen MR) is 124 cm³/mol. The maximum atomic E-state index is 15.2. The predicted octanol–water partition coefficient (Wildman–Crippen LogP) is 3.10. The number of halogens is 1. The molecule has 3 heterocycles. The maximum absolute atomic E-state index is 15.2. The zero-order chi connectivity index (χ0) is 23.8. The molecule has 172 valence electrons. The summed E-state index contributed by atoms with van der Waals surface area (Å²) in [6, 6.07) is 15.2. The minimum Gasteiger partial charge on any atom is -0.491 e. The normalized spacial score (nSPS) is 13.6. The number of methoxy groups -OCH3 is 1. The third-order valence-electron chi connectivity index (χ3n) is 5.70. The highest BCUT2D eigenvalue weighted by Crippen LogP contribution is 2.26. The van der Waals surface area contributed by atoms with Gasteiger partial charge in [-0.1, -0.05) is 18.2 Å². The van der Waals surface area contributed by atoms with E-state index in [9.17, 15) is 9.59 Å². The van der Waals surface area contributed by atoms with Crippen LogP contribution in [0, 0.1) is 5.82 Å². The van der Waals surface area contributed by atoms with E-state index in [0.717, 1.165) is 5.69 Å². The van der Waals surface area contributed by atoms with E-state index >= 15 is 4.39 Å². The van der Waals surface area contributed by atoms with Crippen LogP contribution in [0.25, 0.3) is 22.8 Å². The van der Waals surface area contributed by atoms with Crippen LogP contribution in [0.1, 0.15) is 0 Å². The van der Waals surface area contributed by atoms with E-state index in [4.69, 9.17) is 4.74 Å². The van der Waals surface area contributed by atoms with Gasteiger partial charge < -0.3 is 9.64 Å². The van der Waals surface area contributed by atoms with E-state index in [1.807, 2.05) is 30.3 Å². The van der Waals surface area contributed by atoms with Crippen LogP contribution in [0.5, 0.6) is 5.75 Å². The number of aromatic nitrogens is 4. The van der Waals surface area contributed by atoms with Gasteiger partial charge in [-0.05, 0) is 36.4 Å². The van der Waals surface area contributed by atoms with Gasteiger partial charge in [-0.2, -0.15) is 10.2 Å². The van der Waals surface area contributed by atoms with Gasteiger partial charge in [-0.3, -0.25) is 9.69 Å². The van der Waals surface area contributed by atoms with Gasteiger partial charge in [0.2, 0.25) is 0 Å². The molecular weight excluding hydrogens is 439 g/mol. The molecule has 1 aliphatic heterocycles. The Morgan fingerprint density at radius 1 is 1.00 bits per heavy atom. The Kier molecular flexibility index (Phi) is 5.33. The number of carbonyl (C=O) groups excluding carboxylic acids is 1. The van der Waals surface area contributed by atoms with Crippen molar-refractivity contribution in [2.24, 2.45) is 0 Å². The number of anilines is 1. The lowest BCUT2D eigenvalue weighted by atomic mass is 10.2. The van der Waals surface area contributed by atoms with Gasteiger partial charge >= 0.3 is 6.03 Å². The number of rotatable bonds is 5. The fraction of sp³-hybridized carbons (Fsp3) is 0.167. The number of urea groups is 1. The molecule has 4 aromatic rings. The lowest BCUT2D eigenvalue weighted by Gasteiger charge is -2.17. The van der Waals surface area contributed by atoms with E-state index in [2.05, 4.69) is 10.2 Å². The molecular formula is C24H21FN6O3. The fourth-order valence-corrected chi connectivity index (χ4v) is 3.90. The van der Waals surface area contributed by atoms with Gasteiger partial charge in [0.1, 0.15) is 5.69 Å². The molecule has 9 nitrogen and oxygen atoms in total. The first-order chi connectivity index (χ1) is 16.5. The van der Waals surface area contributed by atoms with E-state index < -0.39 is 11.2 Å². The number of amides is 2.